The molecule has 0 aliphatic carbocycles. The highest BCUT2D eigenvalue weighted by Gasteiger charge is 2.28. The lowest BCUT2D eigenvalue weighted by atomic mass is 10.1. The predicted molar refractivity (Wildman–Crippen MR) is 81.4 cm³/mol. The number of hydrogen-bond donors (Lipinski definition) is 2. The molecule has 1 rings (SSSR count). The fourth-order valence-electron chi connectivity index (χ4n) is 1.86. The van der Waals surface area contributed by atoms with Gasteiger partial charge in [-0.15, -0.1) is 0 Å². The van der Waals surface area contributed by atoms with Gasteiger partial charge in [-0.2, -0.15) is 8.78 Å². The molecule has 0 fully saturated rings. The van der Waals surface area contributed by atoms with Gasteiger partial charge in [-0.1, -0.05) is 13.8 Å². The van der Waals surface area contributed by atoms with Crippen LogP contribution >= 0.6 is 0 Å². The maximum Gasteiger partial charge on any atom is 0.387 e. The number of carbonyl (C=O) groups is 3. The number of benzene rings is 1. The zero-order valence-electron chi connectivity index (χ0n) is 13.7. The molecular weight excluding hydrogens is 342 g/mol. The van der Waals surface area contributed by atoms with Gasteiger partial charge in [0.2, 0.25) is 0 Å². The van der Waals surface area contributed by atoms with Crippen molar-refractivity contribution >= 4 is 17.9 Å². The van der Waals surface area contributed by atoms with Crippen molar-refractivity contribution in [2.45, 2.75) is 26.6 Å². The van der Waals surface area contributed by atoms with Gasteiger partial charge in [-0.25, -0.2) is 9.59 Å². The minimum atomic E-state index is -3.06. The third kappa shape index (κ3) is 5.90. The molecule has 25 heavy (non-hydrogen) atoms. The Labute approximate surface area is 142 Å². The molecule has 0 saturated heterocycles. The van der Waals surface area contributed by atoms with Crippen LogP contribution in [0.3, 0.4) is 0 Å². The zero-order chi connectivity index (χ0) is 19.1. The van der Waals surface area contributed by atoms with Crippen LogP contribution in [-0.4, -0.2) is 37.7 Å². The number of esters is 1. The summed E-state index contributed by atoms with van der Waals surface area (Å²) in [5, 5.41) is 1.83. The number of nitrogens with one attached hydrogen (secondary N) is 1. The van der Waals surface area contributed by atoms with Crippen molar-refractivity contribution in [3.63, 3.8) is 0 Å². The number of methoxy groups -OCH3 is 1. The normalized spacial score (nSPS) is 11.8. The van der Waals surface area contributed by atoms with Crippen molar-refractivity contribution in [1.82, 2.24) is 5.32 Å². The number of carbonyl (C=O) groups excluding carboxylic acids is 3. The Morgan fingerprint density at radius 1 is 1.16 bits per heavy atom. The highest BCUT2D eigenvalue weighted by atomic mass is 19.3. The SMILES string of the molecule is COc1cc(C(=O)O[C@@H](C(=O)NC(N)=O)C(C)C)ccc1OC(F)F. The number of ether oxygens (including phenoxy) is 3. The number of alkyl halides is 2. The lowest BCUT2D eigenvalue weighted by Gasteiger charge is -2.20. The smallest absolute Gasteiger partial charge is 0.387 e. The van der Waals surface area contributed by atoms with Gasteiger partial charge in [0.15, 0.2) is 17.6 Å². The lowest BCUT2D eigenvalue weighted by molar-refractivity contribution is -0.130. The number of rotatable bonds is 7. The van der Waals surface area contributed by atoms with E-state index in [0.717, 1.165) is 12.1 Å². The van der Waals surface area contributed by atoms with Crippen molar-refractivity contribution in [3.05, 3.63) is 23.8 Å². The van der Waals surface area contributed by atoms with Crippen LogP contribution in [0.5, 0.6) is 11.5 Å². The van der Waals surface area contributed by atoms with E-state index < -0.39 is 36.5 Å². The van der Waals surface area contributed by atoms with Gasteiger partial charge < -0.3 is 19.9 Å². The molecule has 10 heteroatoms. The first-order valence-electron chi connectivity index (χ1n) is 7.09. The molecule has 0 aromatic heterocycles. The van der Waals surface area contributed by atoms with E-state index in [2.05, 4.69) is 4.74 Å². The van der Waals surface area contributed by atoms with Crippen LogP contribution in [0.2, 0.25) is 0 Å². The molecule has 8 nitrogen and oxygen atoms in total. The second-order valence-corrected chi connectivity index (χ2v) is 5.17. The Kier molecular flexibility index (Phi) is 7.09. The summed E-state index contributed by atoms with van der Waals surface area (Å²) in [4.78, 5) is 34.8. The van der Waals surface area contributed by atoms with Crippen molar-refractivity contribution in [1.29, 1.82) is 0 Å². The topological polar surface area (TPSA) is 117 Å². The number of urea groups is 1. The van der Waals surface area contributed by atoms with E-state index >= 15 is 0 Å². The van der Waals surface area contributed by atoms with Gasteiger partial charge in [-0.3, -0.25) is 10.1 Å². The monoisotopic (exact) mass is 360 g/mol. The van der Waals surface area contributed by atoms with Crippen molar-refractivity contribution in [2.24, 2.45) is 11.7 Å². The fraction of sp³-hybridized carbons (Fsp3) is 0.400. The minimum absolute atomic E-state index is 0.0593. The Morgan fingerprint density at radius 3 is 2.28 bits per heavy atom. The summed E-state index contributed by atoms with van der Waals surface area (Å²) in [6, 6.07) is 2.33. The second kappa shape index (κ2) is 8.81. The number of amides is 3. The van der Waals surface area contributed by atoms with E-state index in [-0.39, 0.29) is 17.1 Å². The lowest BCUT2D eigenvalue weighted by Crippen LogP contribution is -2.45. The van der Waals surface area contributed by atoms with Crippen LogP contribution in [0.4, 0.5) is 13.6 Å². The Hall–Kier alpha value is -2.91. The van der Waals surface area contributed by atoms with Crippen LogP contribution in [0.15, 0.2) is 18.2 Å². The number of imide groups is 1. The molecule has 1 atom stereocenters. The summed E-state index contributed by atoms with van der Waals surface area (Å²) in [5.74, 6) is -2.62. The van der Waals surface area contributed by atoms with Gasteiger partial charge in [0, 0.05) is 0 Å². The van der Waals surface area contributed by atoms with Gasteiger partial charge in [0.1, 0.15) is 0 Å². The highest BCUT2D eigenvalue weighted by Crippen LogP contribution is 2.30. The summed E-state index contributed by atoms with van der Waals surface area (Å²) in [5.41, 5.74) is 4.81. The molecule has 3 amide bonds. The van der Waals surface area contributed by atoms with Crippen molar-refractivity contribution in [3.8, 4) is 11.5 Å². The summed E-state index contributed by atoms with van der Waals surface area (Å²) >= 11 is 0. The first kappa shape index (κ1) is 20.1. The summed E-state index contributed by atoms with van der Waals surface area (Å²) in [7, 11) is 1.21. The van der Waals surface area contributed by atoms with Crippen molar-refractivity contribution < 1.29 is 37.4 Å². The summed E-state index contributed by atoms with van der Waals surface area (Å²) in [6.45, 7) is 0.131. The van der Waals surface area contributed by atoms with E-state index in [0.29, 0.717) is 0 Å². The van der Waals surface area contributed by atoms with Gasteiger partial charge in [-0.05, 0) is 24.1 Å². The van der Waals surface area contributed by atoms with Gasteiger partial charge in [0.25, 0.3) is 5.91 Å². The third-order valence-electron chi connectivity index (χ3n) is 2.96. The third-order valence-corrected chi connectivity index (χ3v) is 2.96. The average molecular weight is 360 g/mol. The van der Waals surface area contributed by atoms with Crippen LogP contribution in [0, 0.1) is 5.92 Å². The number of nitrogens with two attached hydrogens (primary N) is 1. The molecule has 0 radical (unpaired) electrons. The average Bonchev–Trinajstić information content (AvgIpc) is 2.50. The molecule has 138 valence electrons. The minimum Gasteiger partial charge on any atom is -0.493 e. The van der Waals surface area contributed by atoms with Crippen LogP contribution < -0.4 is 20.5 Å². The molecule has 0 bridgehead atoms. The fourth-order valence-corrected chi connectivity index (χ4v) is 1.86. The van der Waals surface area contributed by atoms with Crippen molar-refractivity contribution in [2.75, 3.05) is 7.11 Å². The standard InChI is InChI=1S/C15H18F2N2O6/c1-7(2)11(12(20)19-15(18)22)25-13(21)8-4-5-9(24-14(16)17)10(6-8)23-3/h4-7,11,14H,1-3H3,(H3,18,19,20,22)/t11-/m1/s1. The number of primary amides is 1. The van der Waals surface area contributed by atoms with Gasteiger partial charge >= 0.3 is 18.6 Å². The van der Waals surface area contributed by atoms with E-state index in [9.17, 15) is 23.2 Å². The molecule has 0 aliphatic heterocycles. The molecule has 1 aromatic rings. The first-order valence-corrected chi connectivity index (χ1v) is 7.09. The molecule has 0 saturated carbocycles. The molecular formula is C15H18F2N2O6. The molecule has 3 N–H and O–H groups in total. The summed E-state index contributed by atoms with van der Waals surface area (Å²) < 4.78 is 38.8. The molecule has 1 aromatic carbocycles. The Morgan fingerprint density at radius 2 is 1.80 bits per heavy atom. The zero-order valence-corrected chi connectivity index (χ0v) is 13.7. The first-order chi connectivity index (χ1) is 11.6. The highest BCUT2D eigenvalue weighted by molar-refractivity contribution is 5.98. The van der Waals surface area contributed by atoms with Crippen LogP contribution in [0.25, 0.3) is 0 Å². The largest absolute Gasteiger partial charge is 0.493 e. The van der Waals surface area contributed by atoms with E-state index in [1.807, 2.05) is 5.32 Å². The Balaban J connectivity index is 2.97. The van der Waals surface area contributed by atoms with Gasteiger partial charge in [0.05, 0.1) is 12.7 Å². The second-order valence-electron chi connectivity index (χ2n) is 5.17. The van der Waals surface area contributed by atoms with Crippen LogP contribution in [-0.2, 0) is 9.53 Å². The summed E-state index contributed by atoms with van der Waals surface area (Å²) in [6.07, 6.45) is -1.28. The number of hydrogen-bond acceptors (Lipinski definition) is 6. The van der Waals surface area contributed by atoms with Crippen LogP contribution in [0.1, 0.15) is 24.2 Å². The predicted octanol–water partition coefficient (Wildman–Crippen LogP) is 1.67. The molecule has 0 unspecified atom stereocenters. The maximum atomic E-state index is 12.3. The van der Waals surface area contributed by atoms with E-state index in [1.54, 1.807) is 13.8 Å². The molecule has 0 aliphatic rings. The quantitative estimate of drug-likeness (QED) is 0.715. The Bertz CT molecular complexity index is 651. The maximum absolute atomic E-state index is 12.3. The van der Waals surface area contributed by atoms with E-state index in [1.165, 1.54) is 13.2 Å². The van der Waals surface area contributed by atoms with E-state index in [4.69, 9.17) is 15.2 Å². The number of halogens is 2. The molecule has 0 heterocycles. The molecule has 0 spiro atoms.